The van der Waals surface area contributed by atoms with Gasteiger partial charge in [0.05, 0.1) is 12.2 Å². The first-order valence-corrected chi connectivity index (χ1v) is 7.43. The number of allylic oxidation sites excluding steroid dienone is 1. The van der Waals surface area contributed by atoms with Crippen LogP contribution in [-0.4, -0.2) is 57.7 Å². The van der Waals surface area contributed by atoms with Gasteiger partial charge in [-0.05, 0) is 44.4 Å². The summed E-state index contributed by atoms with van der Waals surface area (Å²) < 4.78 is 0. The van der Waals surface area contributed by atoms with Crippen molar-refractivity contribution >= 4 is 0 Å². The Balaban J connectivity index is 1.87. The number of hydrogen-bond donors (Lipinski definition) is 3. The minimum atomic E-state index is -1.01. The van der Waals surface area contributed by atoms with Gasteiger partial charge < -0.3 is 15.3 Å². The third-order valence-electron chi connectivity index (χ3n) is 4.95. The van der Waals surface area contributed by atoms with E-state index in [4.69, 9.17) is 0 Å². The van der Waals surface area contributed by atoms with Gasteiger partial charge >= 0.3 is 0 Å². The van der Waals surface area contributed by atoms with E-state index in [1.54, 1.807) is 0 Å². The van der Waals surface area contributed by atoms with Gasteiger partial charge in [0.2, 0.25) is 0 Å². The van der Waals surface area contributed by atoms with Crippen molar-refractivity contribution < 1.29 is 15.3 Å². The molecule has 0 bridgehead atoms. The number of aliphatic hydroxyl groups excluding tert-OH is 3. The van der Waals surface area contributed by atoms with Gasteiger partial charge in [0.15, 0.2) is 0 Å². The van der Waals surface area contributed by atoms with Crippen molar-refractivity contribution in [1.82, 2.24) is 4.90 Å². The summed E-state index contributed by atoms with van der Waals surface area (Å²) in [6.07, 6.45) is 4.13. The van der Waals surface area contributed by atoms with E-state index in [1.165, 1.54) is 25.7 Å². The Morgan fingerprint density at radius 1 is 1.11 bits per heavy atom. The molecule has 3 N–H and O–H groups in total. The third kappa shape index (κ3) is 3.37. The van der Waals surface area contributed by atoms with Gasteiger partial charge in [0, 0.05) is 19.1 Å². The Morgan fingerprint density at radius 3 is 2.32 bits per heavy atom. The summed E-state index contributed by atoms with van der Waals surface area (Å²) in [6.45, 7) is 7.15. The van der Waals surface area contributed by atoms with Crippen LogP contribution < -0.4 is 0 Å². The van der Waals surface area contributed by atoms with E-state index in [0.29, 0.717) is 18.4 Å². The van der Waals surface area contributed by atoms with Crippen LogP contribution in [0, 0.1) is 11.8 Å². The Morgan fingerprint density at radius 2 is 1.74 bits per heavy atom. The second-order valence-corrected chi connectivity index (χ2v) is 6.26. The first-order valence-electron chi connectivity index (χ1n) is 7.43. The Kier molecular flexibility index (Phi) is 5.01. The van der Waals surface area contributed by atoms with E-state index in [9.17, 15) is 15.3 Å². The van der Waals surface area contributed by atoms with Crippen LogP contribution in [0.3, 0.4) is 0 Å². The summed E-state index contributed by atoms with van der Waals surface area (Å²) in [4.78, 5) is 2.13. The Hall–Kier alpha value is -0.420. The van der Waals surface area contributed by atoms with Gasteiger partial charge in [0.25, 0.3) is 0 Å². The van der Waals surface area contributed by atoms with E-state index >= 15 is 0 Å². The van der Waals surface area contributed by atoms with Crippen molar-refractivity contribution in [2.45, 2.75) is 57.0 Å². The quantitative estimate of drug-likeness (QED) is 0.662. The highest BCUT2D eigenvalue weighted by atomic mass is 16.4. The lowest BCUT2D eigenvalue weighted by Gasteiger charge is -2.44. The molecule has 1 saturated heterocycles. The molecule has 4 nitrogen and oxygen atoms in total. The smallest absolute Gasteiger partial charge is 0.108 e. The molecule has 4 heteroatoms. The highest BCUT2D eigenvalue weighted by Crippen LogP contribution is 2.31. The molecule has 4 atom stereocenters. The predicted molar refractivity (Wildman–Crippen MR) is 74.7 cm³/mol. The molecule has 0 aromatic heterocycles. The molecule has 0 amide bonds. The van der Waals surface area contributed by atoms with Gasteiger partial charge in [0.1, 0.15) is 6.10 Å². The molecule has 19 heavy (non-hydrogen) atoms. The van der Waals surface area contributed by atoms with Crippen LogP contribution in [0.5, 0.6) is 0 Å². The number of piperidine rings is 1. The summed E-state index contributed by atoms with van der Waals surface area (Å²) >= 11 is 0. The van der Waals surface area contributed by atoms with E-state index in [0.717, 1.165) is 6.54 Å². The van der Waals surface area contributed by atoms with Crippen LogP contribution in [-0.2, 0) is 0 Å². The first kappa shape index (κ1) is 15.0. The fourth-order valence-electron chi connectivity index (χ4n) is 3.42. The SMILES string of the molecule is C=CC1CCC(CN2C[C@H](O)[C@@H](O)[C@H](O)[C@H]2C)CC1. The number of β-amino-alcohol motifs (C(OH)–C–C–N with tert-alkyl or cyclic N) is 1. The van der Waals surface area contributed by atoms with E-state index in [-0.39, 0.29) is 6.04 Å². The van der Waals surface area contributed by atoms with Crippen molar-refractivity contribution in [3.8, 4) is 0 Å². The van der Waals surface area contributed by atoms with Gasteiger partial charge in [-0.2, -0.15) is 0 Å². The molecule has 0 aromatic rings. The maximum atomic E-state index is 9.93. The second-order valence-electron chi connectivity index (χ2n) is 6.26. The van der Waals surface area contributed by atoms with E-state index < -0.39 is 18.3 Å². The molecular formula is C15H27NO3. The molecule has 2 fully saturated rings. The Bertz CT molecular complexity index is 302. The fourth-order valence-corrected chi connectivity index (χ4v) is 3.42. The molecule has 2 rings (SSSR count). The van der Waals surface area contributed by atoms with E-state index in [1.807, 2.05) is 6.92 Å². The second kappa shape index (κ2) is 6.35. The van der Waals surface area contributed by atoms with Gasteiger partial charge in [-0.15, -0.1) is 6.58 Å². The summed E-state index contributed by atoms with van der Waals surface area (Å²) in [6, 6.07) is -0.0875. The first-order chi connectivity index (χ1) is 9.02. The highest BCUT2D eigenvalue weighted by Gasteiger charge is 2.39. The maximum absolute atomic E-state index is 9.93. The van der Waals surface area contributed by atoms with E-state index in [2.05, 4.69) is 17.6 Å². The lowest BCUT2D eigenvalue weighted by molar-refractivity contribution is -0.136. The average Bonchev–Trinajstić information content (AvgIpc) is 2.43. The van der Waals surface area contributed by atoms with Crippen LogP contribution in [0.25, 0.3) is 0 Å². The van der Waals surface area contributed by atoms with Crippen LogP contribution in [0.2, 0.25) is 0 Å². The number of nitrogens with zero attached hydrogens (tertiary/aromatic N) is 1. The molecule has 1 heterocycles. The Labute approximate surface area is 115 Å². The summed E-state index contributed by atoms with van der Waals surface area (Å²) in [5.74, 6) is 1.29. The molecule has 2 aliphatic rings. The highest BCUT2D eigenvalue weighted by molar-refractivity contribution is 4.93. The lowest BCUT2D eigenvalue weighted by atomic mass is 9.81. The lowest BCUT2D eigenvalue weighted by Crippen LogP contribution is -2.60. The molecule has 0 radical (unpaired) electrons. The molecule has 1 aliphatic carbocycles. The average molecular weight is 269 g/mol. The fraction of sp³-hybridized carbons (Fsp3) is 0.867. The molecule has 110 valence electrons. The van der Waals surface area contributed by atoms with Gasteiger partial charge in [-0.1, -0.05) is 6.08 Å². The zero-order chi connectivity index (χ0) is 14.0. The zero-order valence-corrected chi connectivity index (χ0v) is 11.8. The summed E-state index contributed by atoms with van der Waals surface area (Å²) in [7, 11) is 0. The maximum Gasteiger partial charge on any atom is 0.108 e. The van der Waals surface area contributed by atoms with Crippen molar-refractivity contribution in [1.29, 1.82) is 0 Å². The van der Waals surface area contributed by atoms with Crippen molar-refractivity contribution in [3.05, 3.63) is 12.7 Å². The minimum Gasteiger partial charge on any atom is -0.389 e. The van der Waals surface area contributed by atoms with Crippen LogP contribution in [0.4, 0.5) is 0 Å². The summed E-state index contributed by atoms with van der Waals surface area (Å²) in [5.41, 5.74) is 0. The number of likely N-dealkylation sites (tertiary alicyclic amines) is 1. The number of aliphatic hydroxyl groups is 3. The van der Waals surface area contributed by atoms with Crippen molar-refractivity contribution in [3.63, 3.8) is 0 Å². The molecule has 1 saturated carbocycles. The predicted octanol–water partition coefficient (Wildman–Crippen LogP) is 0.766. The molecule has 0 unspecified atom stereocenters. The largest absolute Gasteiger partial charge is 0.389 e. The number of hydrogen-bond acceptors (Lipinski definition) is 4. The van der Waals surface area contributed by atoms with Gasteiger partial charge in [-0.3, -0.25) is 4.90 Å². The third-order valence-corrected chi connectivity index (χ3v) is 4.95. The van der Waals surface area contributed by atoms with Crippen LogP contribution in [0.15, 0.2) is 12.7 Å². The molecular weight excluding hydrogens is 242 g/mol. The molecule has 0 spiro atoms. The summed E-state index contributed by atoms with van der Waals surface area (Å²) in [5, 5.41) is 29.4. The zero-order valence-electron chi connectivity index (χ0n) is 11.8. The number of rotatable bonds is 3. The normalized spacial score (nSPS) is 45.1. The van der Waals surface area contributed by atoms with Crippen LogP contribution >= 0.6 is 0 Å². The molecule has 1 aliphatic heterocycles. The minimum absolute atomic E-state index is 0.0875. The monoisotopic (exact) mass is 269 g/mol. The molecule has 0 aromatic carbocycles. The topological polar surface area (TPSA) is 63.9 Å². The van der Waals surface area contributed by atoms with Crippen molar-refractivity contribution in [2.75, 3.05) is 13.1 Å². The van der Waals surface area contributed by atoms with Crippen LogP contribution in [0.1, 0.15) is 32.6 Å². The van der Waals surface area contributed by atoms with Crippen molar-refractivity contribution in [2.24, 2.45) is 11.8 Å². The standard InChI is InChI=1S/C15H27NO3/c1-3-11-4-6-12(7-5-11)8-16-9-13(17)15(19)14(18)10(16)2/h3,10-15,17-19H,1,4-9H2,2H3/t10-,11?,12?,13+,14-,15-/m1/s1. The van der Waals surface area contributed by atoms with Gasteiger partial charge in [-0.25, -0.2) is 0 Å².